The molecule has 2 N–H and O–H groups in total. The lowest BCUT2D eigenvalue weighted by molar-refractivity contribution is -0.144. The summed E-state index contributed by atoms with van der Waals surface area (Å²) in [6.45, 7) is 6.92. The summed E-state index contributed by atoms with van der Waals surface area (Å²) in [7, 11) is 0. The van der Waals surface area contributed by atoms with E-state index in [2.05, 4.69) is 12.0 Å². The molecule has 0 aromatic heterocycles. The first-order chi connectivity index (χ1) is 11.0. The number of hydrogen-bond acceptors (Lipinski definition) is 4. The monoisotopic (exact) mass is 318 g/mol. The fourth-order valence-corrected chi connectivity index (χ4v) is 2.47. The molecule has 23 heavy (non-hydrogen) atoms. The third-order valence-electron chi connectivity index (χ3n) is 3.64. The molecule has 124 valence electrons. The summed E-state index contributed by atoms with van der Waals surface area (Å²) in [5.41, 5.74) is 4.06. The van der Waals surface area contributed by atoms with Gasteiger partial charge in [0.25, 0.3) is 5.91 Å². The van der Waals surface area contributed by atoms with Gasteiger partial charge in [-0.1, -0.05) is 18.7 Å². The average Bonchev–Trinajstić information content (AvgIpc) is 2.53. The Morgan fingerprint density at radius 1 is 1.43 bits per heavy atom. The molecule has 0 bridgehead atoms. The number of amides is 1. The van der Waals surface area contributed by atoms with Crippen molar-refractivity contribution < 1.29 is 19.4 Å². The van der Waals surface area contributed by atoms with Gasteiger partial charge in [0.1, 0.15) is 12.4 Å². The van der Waals surface area contributed by atoms with E-state index in [4.69, 9.17) is 9.84 Å². The summed E-state index contributed by atoms with van der Waals surface area (Å²) >= 11 is 0. The number of carbonyl (C=O) groups excluding carboxylic acids is 1. The SMILES string of the molecule is C=C(C)COc1ccccc1C(=O)NN1CCC[C@H](C(=O)O)C1. The Morgan fingerprint density at radius 3 is 2.87 bits per heavy atom. The summed E-state index contributed by atoms with van der Waals surface area (Å²) < 4.78 is 5.60. The molecule has 0 spiro atoms. The van der Waals surface area contributed by atoms with Crippen LogP contribution >= 0.6 is 0 Å². The number of benzene rings is 1. The van der Waals surface area contributed by atoms with E-state index in [1.165, 1.54) is 0 Å². The molecule has 6 heteroatoms. The van der Waals surface area contributed by atoms with E-state index >= 15 is 0 Å². The van der Waals surface area contributed by atoms with Crippen LogP contribution in [0.1, 0.15) is 30.1 Å². The predicted molar refractivity (Wildman–Crippen MR) is 86.2 cm³/mol. The van der Waals surface area contributed by atoms with Crippen LogP contribution in [0.2, 0.25) is 0 Å². The van der Waals surface area contributed by atoms with Gasteiger partial charge in [-0.3, -0.25) is 15.0 Å². The molecule has 1 saturated heterocycles. The maximum atomic E-state index is 12.5. The van der Waals surface area contributed by atoms with Crippen LogP contribution in [0.15, 0.2) is 36.4 Å². The molecule has 1 aliphatic rings. The zero-order valence-corrected chi connectivity index (χ0v) is 13.2. The van der Waals surface area contributed by atoms with Crippen LogP contribution in [-0.4, -0.2) is 41.7 Å². The van der Waals surface area contributed by atoms with Gasteiger partial charge in [0, 0.05) is 13.1 Å². The van der Waals surface area contributed by atoms with E-state index in [1.807, 2.05) is 6.92 Å². The number of rotatable bonds is 6. The van der Waals surface area contributed by atoms with Crippen LogP contribution in [0, 0.1) is 5.92 Å². The number of hydrogen-bond donors (Lipinski definition) is 2. The lowest BCUT2D eigenvalue weighted by Gasteiger charge is -2.30. The summed E-state index contributed by atoms with van der Waals surface area (Å²) in [4.78, 5) is 23.5. The van der Waals surface area contributed by atoms with Gasteiger partial charge in [-0.25, -0.2) is 5.01 Å². The topological polar surface area (TPSA) is 78.9 Å². The second kappa shape index (κ2) is 7.78. The van der Waals surface area contributed by atoms with Crippen molar-refractivity contribution >= 4 is 11.9 Å². The van der Waals surface area contributed by atoms with Crippen molar-refractivity contribution in [3.63, 3.8) is 0 Å². The fraction of sp³-hybridized carbons (Fsp3) is 0.412. The van der Waals surface area contributed by atoms with E-state index in [-0.39, 0.29) is 5.91 Å². The van der Waals surface area contributed by atoms with Crippen LogP contribution in [0.5, 0.6) is 5.75 Å². The van der Waals surface area contributed by atoms with Crippen LogP contribution in [-0.2, 0) is 4.79 Å². The van der Waals surface area contributed by atoms with Gasteiger partial charge in [-0.15, -0.1) is 0 Å². The molecule has 1 heterocycles. The normalized spacial score (nSPS) is 18.2. The highest BCUT2D eigenvalue weighted by Gasteiger charge is 2.26. The number of para-hydroxylation sites is 1. The molecule has 0 radical (unpaired) electrons. The van der Waals surface area contributed by atoms with Crippen molar-refractivity contribution in [3.8, 4) is 5.75 Å². The summed E-state index contributed by atoms with van der Waals surface area (Å²) in [6, 6.07) is 6.97. The Kier molecular flexibility index (Phi) is 5.76. The smallest absolute Gasteiger partial charge is 0.307 e. The molecule has 0 unspecified atom stereocenters. The second-order valence-corrected chi connectivity index (χ2v) is 5.81. The number of nitrogens with one attached hydrogen (secondary N) is 1. The number of nitrogens with zero attached hydrogens (tertiary/aromatic N) is 1. The minimum atomic E-state index is -0.825. The Morgan fingerprint density at radius 2 is 2.17 bits per heavy atom. The lowest BCUT2D eigenvalue weighted by atomic mass is 9.99. The highest BCUT2D eigenvalue weighted by Crippen LogP contribution is 2.20. The van der Waals surface area contributed by atoms with Crippen molar-refractivity contribution in [2.24, 2.45) is 5.92 Å². The first-order valence-corrected chi connectivity index (χ1v) is 7.62. The Labute approximate surface area is 135 Å². The molecule has 1 atom stereocenters. The number of carbonyl (C=O) groups is 2. The summed E-state index contributed by atoms with van der Waals surface area (Å²) in [5, 5.41) is 10.8. The predicted octanol–water partition coefficient (Wildman–Crippen LogP) is 2.08. The number of hydrazine groups is 1. The number of carboxylic acids is 1. The number of ether oxygens (including phenoxy) is 1. The molecular weight excluding hydrogens is 296 g/mol. The van der Waals surface area contributed by atoms with E-state index in [0.29, 0.717) is 37.4 Å². The van der Waals surface area contributed by atoms with Gasteiger partial charge in [0.05, 0.1) is 11.5 Å². The van der Waals surface area contributed by atoms with Crippen molar-refractivity contribution in [3.05, 3.63) is 42.0 Å². The van der Waals surface area contributed by atoms with Gasteiger partial charge in [0.2, 0.25) is 0 Å². The molecule has 1 amide bonds. The molecule has 1 aliphatic heterocycles. The van der Waals surface area contributed by atoms with Gasteiger partial charge in [-0.2, -0.15) is 0 Å². The molecule has 0 saturated carbocycles. The largest absolute Gasteiger partial charge is 0.488 e. The molecule has 1 aromatic carbocycles. The van der Waals surface area contributed by atoms with Crippen molar-refractivity contribution in [1.29, 1.82) is 0 Å². The zero-order chi connectivity index (χ0) is 16.8. The average molecular weight is 318 g/mol. The summed E-state index contributed by atoms with van der Waals surface area (Å²) in [5.74, 6) is -1.08. The number of carboxylic acid groups (broad SMARTS) is 1. The molecule has 1 aromatic rings. The van der Waals surface area contributed by atoms with Crippen molar-refractivity contribution in [2.45, 2.75) is 19.8 Å². The third kappa shape index (κ3) is 4.82. The third-order valence-corrected chi connectivity index (χ3v) is 3.64. The van der Waals surface area contributed by atoms with Gasteiger partial charge in [-0.05, 0) is 37.5 Å². The maximum absolute atomic E-state index is 12.5. The van der Waals surface area contributed by atoms with Crippen molar-refractivity contribution in [1.82, 2.24) is 10.4 Å². The zero-order valence-electron chi connectivity index (χ0n) is 13.2. The molecule has 2 rings (SSSR count). The maximum Gasteiger partial charge on any atom is 0.307 e. The fourth-order valence-electron chi connectivity index (χ4n) is 2.47. The van der Waals surface area contributed by atoms with Crippen LogP contribution in [0.3, 0.4) is 0 Å². The van der Waals surface area contributed by atoms with E-state index < -0.39 is 11.9 Å². The molecular formula is C17H22N2O4. The van der Waals surface area contributed by atoms with Crippen molar-refractivity contribution in [2.75, 3.05) is 19.7 Å². The van der Waals surface area contributed by atoms with Gasteiger partial charge < -0.3 is 9.84 Å². The highest BCUT2D eigenvalue weighted by molar-refractivity contribution is 5.96. The first kappa shape index (κ1) is 17.0. The molecule has 6 nitrogen and oxygen atoms in total. The van der Waals surface area contributed by atoms with Crippen LogP contribution in [0.25, 0.3) is 0 Å². The number of piperidine rings is 1. The lowest BCUT2D eigenvalue weighted by Crippen LogP contribution is -2.49. The molecule has 1 fully saturated rings. The second-order valence-electron chi connectivity index (χ2n) is 5.81. The highest BCUT2D eigenvalue weighted by atomic mass is 16.5. The summed E-state index contributed by atoms with van der Waals surface area (Å²) in [6.07, 6.45) is 1.38. The Hall–Kier alpha value is -2.34. The molecule has 0 aliphatic carbocycles. The minimum absolute atomic E-state index is 0.298. The van der Waals surface area contributed by atoms with E-state index in [0.717, 1.165) is 12.0 Å². The van der Waals surface area contributed by atoms with Gasteiger partial charge in [0.15, 0.2) is 0 Å². The minimum Gasteiger partial charge on any atom is -0.488 e. The quantitative estimate of drug-likeness (QED) is 0.785. The van der Waals surface area contributed by atoms with Gasteiger partial charge >= 0.3 is 5.97 Å². The Balaban J connectivity index is 2.03. The van der Waals surface area contributed by atoms with E-state index in [9.17, 15) is 9.59 Å². The first-order valence-electron chi connectivity index (χ1n) is 7.62. The van der Waals surface area contributed by atoms with E-state index in [1.54, 1.807) is 29.3 Å². The Bertz CT molecular complexity index is 600. The standard InChI is InChI=1S/C17H22N2O4/c1-12(2)11-23-15-8-4-3-7-14(15)16(20)18-19-9-5-6-13(10-19)17(21)22/h3-4,7-8,13H,1,5-6,9-11H2,2H3,(H,18,20)(H,21,22)/t13-/m0/s1. The van der Waals surface area contributed by atoms with Crippen LogP contribution in [0.4, 0.5) is 0 Å². The van der Waals surface area contributed by atoms with Crippen LogP contribution < -0.4 is 10.2 Å². The number of aliphatic carboxylic acids is 1.